The van der Waals surface area contributed by atoms with Crippen LogP contribution in [0.15, 0.2) is 22.7 Å². The van der Waals surface area contributed by atoms with Crippen molar-refractivity contribution in [2.75, 3.05) is 6.61 Å². The molecule has 0 aliphatic rings. The quantitative estimate of drug-likeness (QED) is 0.904. The molecule has 2 aromatic rings. The summed E-state index contributed by atoms with van der Waals surface area (Å²) in [6.45, 7) is 3.94. The lowest BCUT2D eigenvalue weighted by Crippen LogP contribution is -2.24. The van der Waals surface area contributed by atoms with E-state index >= 15 is 0 Å². The van der Waals surface area contributed by atoms with Gasteiger partial charge in [0.25, 0.3) is 0 Å². The van der Waals surface area contributed by atoms with Gasteiger partial charge in [-0.1, -0.05) is 15.9 Å². The molecule has 0 aliphatic carbocycles. The van der Waals surface area contributed by atoms with E-state index in [0.29, 0.717) is 16.0 Å². The van der Waals surface area contributed by atoms with Gasteiger partial charge in [-0.15, -0.1) is 0 Å². The van der Waals surface area contributed by atoms with E-state index in [1.54, 1.807) is 17.7 Å². The Bertz CT molecular complexity index is 583. The highest BCUT2D eigenvalue weighted by Crippen LogP contribution is 2.20. The second-order valence-corrected chi connectivity index (χ2v) is 5.37. The summed E-state index contributed by atoms with van der Waals surface area (Å²) in [4.78, 5) is 4.15. The molecule has 0 saturated heterocycles. The highest BCUT2D eigenvalue weighted by atomic mass is 79.9. The monoisotopic (exact) mass is 343 g/mol. The fourth-order valence-electron chi connectivity index (χ4n) is 1.79. The maximum absolute atomic E-state index is 13.2. The lowest BCUT2D eigenvalue weighted by Gasteiger charge is -2.13. The first-order valence-corrected chi connectivity index (χ1v) is 6.88. The number of rotatable bonds is 5. The van der Waals surface area contributed by atoms with Crippen molar-refractivity contribution < 1.29 is 14.2 Å². The number of benzene rings is 1. The normalized spacial score (nSPS) is 12.4. The Balaban J connectivity index is 1.92. The zero-order valence-electron chi connectivity index (χ0n) is 11.2. The highest BCUT2D eigenvalue weighted by Gasteiger charge is 2.11. The van der Waals surface area contributed by atoms with E-state index in [0.717, 1.165) is 5.82 Å². The summed E-state index contributed by atoms with van der Waals surface area (Å²) in [5.41, 5.74) is 0. The van der Waals surface area contributed by atoms with Crippen molar-refractivity contribution in [3.8, 4) is 5.75 Å². The minimum absolute atomic E-state index is 0.0498. The predicted octanol–water partition coefficient (Wildman–Crippen LogP) is 2.24. The predicted molar refractivity (Wildman–Crippen MR) is 75.1 cm³/mol. The number of aliphatic hydroxyl groups excluding tert-OH is 1. The molecule has 0 amide bonds. The molecule has 2 rings (SSSR count). The van der Waals surface area contributed by atoms with Gasteiger partial charge in [-0.3, -0.25) is 0 Å². The topological polar surface area (TPSA) is 60.2 Å². The first-order valence-electron chi connectivity index (χ1n) is 6.09. The van der Waals surface area contributed by atoms with Crippen LogP contribution in [0.25, 0.3) is 0 Å². The van der Waals surface area contributed by atoms with Gasteiger partial charge in [0.2, 0.25) is 0 Å². The van der Waals surface area contributed by atoms with Crippen LogP contribution in [-0.2, 0) is 6.54 Å². The maximum atomic E-state index is 13.2. The van der Waals surface area contributed by atoms with E-state index in [9.17, 15) is 9.50 Å². The Kier molecular flexibility index (Phi) is 4.72. The summed E-state index contributed by atoms with van der Waals surface area (Å²) in [5, 5.41) is 14.1. The average molecular weight is 344 g/mol. The van der Waals surface area contributed by atoms with E-state index in [1.165, 1.54) is 12.1 Å². The van der Waals surface area contributed by atoms with E-state index in [-0.39, 0.29) is 13.2 Å². The zero-order chi connectivity index (χ0) is 14.7. The molecule has 5 nitrogen and oxygen atoms in total. The van der Waals surface area contributed by atoms with Gasteiger partial charge in [0.15, 0.2) is 0 Å². The fourth-order valence-corrected chi connectivity index (χ4v) is 2.24. The molecule has 0 saturated carbocycles. The molecular formula is C13H15BrFN3O2. The molecule has 20 heavy (non-hydrogen) atoms. The molecular weight excluding hydrogens is 329 g/mol. The first kappa shape index (κ1) is 14.9. The minimum Gasteiger partial charge on any atom is -0.491 e. The number of halogens is 2. The van der Waals surface area contributed by atoms with E-state index in [2.05, 4.69) is 26.0 Å². The number of ether oxygens (including phenoxy) is 1. The molecule has 0 unspecified atom stereocenters. The van der Waals surface area contributed by atoms with Crippen molar-refractivity contribution >= 4 is 15.9 Å². The Hall–Kier alpha value is -1.47. The third-order valence-electron chi connectivity index (χ3n) is 2.62. The second-order valence-electron chi connectivity index (χ2n) is 4.46. The minimum atomic E-state index is -0.753. The molecule has 0 aliphatic heterocycles. The molecule has 7 heteroatoms. The molecule has 1 heterocycles. The Morgan fingerprint density at radius 2 is 2.15 bits per heavy atom. The van der Waals surface area contributed by atoms with E-state index in [4.69, 9.17) is 4.74 Å². The zero-order valence-corrected chi connectivity index (χ0v) is 12.8. The van der Waals surface area contributed by atoms with Gasteiger partial charge in [0.1, 0.15) is 35.9 Å². The lowest BCUT2D eigenvalue weighted by atomic mass is 10.3. The number of aromatic nitrogens is 3. The molecule has 1 N–H and O–H groups in total. The van der Waals surface area contributed by atoms with Gasteiger partial charge < -0.3 is 9.84 Å². The smallest absolute Gasteiger partial charge is 0.147 e. The van der Waals surface area contributed by atoms with Crippen LogP contribution in [0.2, 0.25) is 0 Å². The first-order chi connectivity index (χ1) is 9.44. The van der Waals surface area contributed by atoms with Crippen molar-refractivity contribution in [3.05, 3.63) is 40.1 Å². The largest absolute Gasteiger partial charge is 0.491 e. The Morgan fingerprint density at radius 3 is 2.75 bits per heavy atom. The second kappa shape index (κ2) is 6.32. The molecule has 0 spiro atoms. The molecule has 1 aromatic carbocycles. The van der Waals surface area contributed by atoms with Gasteiger partial charge in [0.05, 0.1) is 6.54 Å². The van der Waals surface area contributed by atoms with Crippen LogP contribution in [0.3, 0.4) is 0 Å². The highest BCUT2D eigenvalue weighted by molar-refractivity contribution is 9.10. The molecule has 1 aromatic heterocycles. The molecule has 0 bridgehead atoms. The van der Waals surface area contributed by atoms with Crippen LogP contribution in [0.5, 0.6) is 5.75 Å². The average Bonchev–Trinajstić information content (AvgIpc) is 2.64. The van der Waals surface area contributed by atoms with Crippen molar-refractivity contribution in [3.63, 3.8) is 0 Å². The molecule has 0 radical (unpaired) electrons. The summed E-state index contributed by atoms with van der Waals surface area (Å²) in [6.07, 6.45) is -0.753. The van der Waals surface area contributed by atoms with E-state index < -0.39 is 11.9 Å². The van der Waals surface area contributed by atoms with E-state index in [1.807, 2.05) is 6.92 Å². The number of hydrogen-bond donors (Lipinski definition) is 1. The molecule has 1 atom stereocenters. The number of nitrogens with zero attached hydrogens (tertiary/aromatic N) is 3. The standard InChI is InChI=1S/C13H15BrFN3O2/c1-8-16-9(2)18(17-8)6-12(19)7-20-13-4-10(14)3-11(15)5-13/h3-5,12,19H,6-7H2,1-2H3/t12-/m1/s1. The van der Waals surface area contributed by atoms with Crippen molar-refractivity contribution in [1.29, 1.82) is 0 Å². The number of aliphatic hydroxyl groups is 1. The summed E-state index contributed by atoms with van der Waals surface area (Å²) < 4.78 is 20.7. The molecule has 0 fully saturated rings. The SMILES string of the molecule is Cc1nc(C)n(C[C@@H](O)COc2cc(F)cc(Br)c2)n1. The third kappa shape index (κ3) is 4.01. The summed E-state index contributed by atoms with van der Waals surface area (Å²) in [5.74, 6) is 1.36. The summed E-state index contributed by atoms with van der Waals surface area (Å²) in [6, 6.07) is 4.24. The Morgan fingerprint density at radius 1 is 1.40 bits per heavy atom. The number of hydrogen-bond acceptors (Lipinski definition) is 4. The van der Waals surface area contributed by atoms with Gasteiger partial charge in [-0.05, 0) is 26.0 Å². The van der Waals surface area contributed by atoms with Gasteiger partial charge in [-0.25, -0.2) is 14.1 Å². The van der Waals surface area contributed by atoms with Crippen LogP contribution < -0.4 is 4.74 Å². The maximum Gasteiger partial charge on any atom is 0.147 e. The van der Waals surface area contributed by atoms with Crippen molar-refractivity contribution in [2.24, 2.45) is 0 Å². The van der Waals surface area contributed by atoms with Crippen molar-refractivity contribution in [1.82, 2.24) is 14.8 Å². The van der Waals surface area contributed by atoms with Crippen LogP contribution >= 0.6 is 15.9 Å². The van der Waals surface area contributed by atoms with Gasteiger partial charge in [0, 0.05) is 10.5 Å². The van der Waals surface area contributed by atoms with Crippen molar-refractivity contribution in [2.45, 2.75) is 26.5 Å². The van der Waals surface area contributed by atoms with Crippen LogP contribution in [0.1, 0.15) is 11.6 Å². The van der Waals surface area contributed by atoms with Crippen LogP contribution in [0.4, 0.5) is 4.39 Å². The summed E-state index contributed by atoms with van der Waals surface area (Å²) in [7, 11) is 0. The number of aryl methyl sites for hydroxylation is 2. The summed E-state index contributed by atoms with van der Waals surface area (Å²) >= 11 is 3.18. The van der Waals surface area contributed by atoms with Gasteiger partial charge in [-0.2, -0.15) is 5.10 Å². The van der Waals surface area contributed by atoms with Gasteiger partial charge >= 0.3 is 0 Å². The molecule has 108 valence electrons. The third-order valence-corrected chi connectivity index (χ3v) is 3.08. The Labute approximate surface area is 124 Å². The van der Waals surface area contributed by atoms with Crippen LogP contribution in [-0.4, -0.2) is 32.6 Å². The van der Waals surface area contributed by atoms with Crippen LogP contribution in [0, 0.1) is 19.7 Å². The fraction of sp³-hybridized carbons (Fsp3) is 0.385. The lowest BCUT2D eigenvalue weighted by molar-refractivity contribution is 0.0884.